The number of rotatable bonds is 5. The Labute approximate surface area is 110 Å². The number of nitrogens with zero attached hydrogens (tertiary/aromatic N) is 2. The standard InChI is InChI=1S/C14H24N4/c1-4-11-17-12(15-3)9-13(18-11)16-10-14(2)7-5-6-8-14/h9H,4-8,10H2,1-3H3,(H2,15,16,17,18). The highest BCUT2D eigenvalue weighted by Gasteiger charge is 2.28. The zero-order chi connectivity index (χ0) is 13.0. The molecule has 0 saturated heterocycles. The molecule has 4 heteroatoms. The van der Waals surface area contributed by atoms with Crippen molar-refractivity contribution in [3.05, 3.63) is 11.9 Å². The van der Waals surface area contributed by atoms with Crippen LogP contribution in [0.15, 0.2) is 6.07 Å². The van der Waals surface area contributed by atoms with Crippen molar-refractivity contribution in [3.8, 4) is 0 Å². The molecule has 0 atom stereocenters. The van der Waals surface area contributed by atoms with E-state index < -0.39 is 0 Å². The van der Waals surface area contributed by atoms with E-state index in [-0.39, 0.29) is 0 Å². The molecule has 1 aromatic heterocycles. The largest absolute Gasteiger partial charge is 0.373 e. The van der Waals surface area contributed by atoms with Crippen LogP contribution in [0.1, 0.15) is 45.4 Å². The normalized spacial score (nSPS) is 17.7. The van der Waals surface area contributed by atoms with Crippen molar-refractivity contribution < 1.29 is 0 Å². The average Bonchev–Trinajstić information content (AvgIpc) is 2.83. The Balaban J connectivity index is 2.04. The summed E-state index contributed by atoms with van der Waals surface area (Å²) in [4.78, 5) is 8.93. The zero-order valence-corrected chi connectivity index (χ0v) is 11.7. The number of nitrogens with one attached hydrogen (secondary N) is 2. The molecule has 2 rings (SSSR count). The number of hydrogen-bond donors (Lipinski definition) is 2. The second-order valence-electron chi connectivity index (χ2n) is 5.53. The Morgan fingerprint density at radius 1 is 1.22 bits per heavy atom. The average molecular weight is 248 g/mol. The van der Waals surface area contributed by atoms with E-state index in [4.69, 9.17) is 0 Å². The van der Waals surface area contributed by atoms with Gasteiger partial charge in [0.1, 0.15) is 17.5 Å². The molecule has 0 aromatic carbocycles. The minimum Gasteiger partial charge on any atom is -0.373 e. The summed E-state index contributed by atoms with van der Waals surface area (Å²) < 4.78 is 0. The molecule has 2 N–H and O–H groups in total. The summed E-state index contributed by atoms with van der Waals surface area (Å²) in [5, 5.41) is 6.57. The Hall–Kier alpha value is -1.32. The molecule has 18 heavy (non-hydrogen) atoms. The van der Waals surface area contributed by atoms with Gasteiger partial charge in [-0.15, -0.1) is 0 Å². The number of hydrogen-bond acceptors (Lipinski definition) is 4. The van der Waals surface area contributed by atoms with E-state index in [1.54, 1.807) is 0 Å². The lowest BCUT2D eigenvalue weighted by Crippen LogP contribution is -2.23. The molecule has 0 radical (unpaired) electrons. The highest BCUT2D eigenvalue weighted by atomic mass is 15.1. The fraction of sp³-hybridized carbons (Fsp3) is 0.714. The third-order valence-electron chi connectivity index (χ3n) is 3.85. The molecule has 100 valence electrons. The Morgan fingerprint density at radius 2 is 1.89 bits per heavy atom. The summed E-state index contributed by atoms with van der Waals surface area (Å²) >= 11 is 0. The minimum absolute atomic E-state index is 0.442. The maximum atomic E-state index is 4.53. The summed E-state index contributed by atoms with van der Waals surface area (Å²) in [5.74, 6) is 2.72. The second-order valence-corrected chi connectivity index (χ2v) is 5.53. The molecule has 0 amide bonds. The van der Waals surface area contributed by atoms with E-state index >= 15 is 0 Å². The molecule has 1 heterocycles. The Kier molecular flexibility index (Phi) is 4.04. The summed E-state index contributed by atoms with van der Waals surface area (Å²) in [6.45, 7) is 5.46. The maximum Gasteiger partial charge on any atom is 0.132 e. The van der Waals surface area contributed by atoms with Crippen LogP contribution in [-0.2, 0) is 6.42 Å². The monoisotopic (exact) mass is 248 g/mol. The molecule has 1 fully saturated rings. The highest BCUT2D eigenvalue weighted by Crippen LogP contribution is 2.37. The lowest BCUT2D eigenvalue weighted by atomic mass is 9.89. The van der Waals surface area contributed by atoms with Crippen LogP contribution in [0.4, 0.5) is 11.6 Å². The Bertz CT molecular complexity index is 375. The minimum atomic E-state index is 0.442. The first-order valence-corrected chi connectivity index (χ1v) is 6.95. The van der Waals surface area contributed by atoms with E-state index in [9.17, 15) is 0 Å². The van der Waals surface area contributed by atoms with Crippen molar-refractivity contribution in [2.45, 2.75) is 46.0 Å². The van der Waals surface area contributed by atoms with Gasteiger partial charge in [-0.2, -0.15) is 0 Å². The van der Waals surface area contributed by atoms with Gasteiger partial charge in [0.25, 0.3) is 0 Å². The quantitative estimate of drug-likeness (QED) is 0.841. The van der Waals surface area contributed by atoms with Crippen molar-refractivity contribution in [2.75, 3.05) is 24.2 Å². The molecular weight excluding hydrogens is 224 g/mol. The smallest absolute Gasteiger partial charge is 0.132 e. The van der Waals surface area contributed by atoms with Crippen LogP contribution >= 0.6 is 0 Å². The van der Waals surface area contributed by atoms with Crippen LogP contribution < -0.4 is 10.6 Å². The van der Waals surface area contributed by atoms with E-state index in [0.717, 1.165) is 30.4 Å². The van der Waals surface area contributed by atoms with Crippen LogP contribution in [0.2, 0.25) is 0 Å². The topological polar surface area (TPSA) is 49.8 Å². The van der Waals surface area contributed by atoms with Crippen LogP contribution in [0, 0.1) is 5.41 Å². The van der Waals surface area contributed by atoms with Crippen molar-refractivity contribution in [3.63, 3.8) is 0 Å². The lowest BCUT2D eigenvalue weighted by Gasteiger charge is -2.24. The van der Waals surface area contributed by atoms with Gasteiger partial charge in [0.05, 0.1) is 0 Å². The van der Waals surface area contributed by atoms with Gasteiger partial charge in [-0.3, -0.25) is 0 Å². The number of aryl methyl sites for hydroxylation is 1. The van der Waals surface area contributed by atoms with E-state index in [2.05, 4.69) is 34.4 Å². The summed E-state index contributed by atoms with van der Waals surface area (Å²) in [6.07, 6.45) is 6.24. The van der Waals surface area contributed by atoms with Crippen LogP contribution in [-0.4, -0.2) is 23.6 Å². The van der Waals surface area contributed by atoms with Crippen LogP contribution in [0.3, 0.4) is 0 Å². The predicted octanol–water partition coefficient (Wildman–Crippen LogP) is 3.07. The fourth-order valence-electron chi connectivity index (χ4n) is 2.58. The number of anilines is 2. The summed E-state index contributed by atoms with van der Waals surface area (Å²) in [7, 11) is 1.89. The Morgan fingerprint density at radius 3 is 2.50 bits per heavy atom. The first-order chi connectivity index (χ1) is 8.65. The van der Waals surface area contributed by atoms with Gasteiger partial charge in [-0.25, -0.2) is 9.97 Å². The maximum absolute atomic E-state index is 4.53. The van der Waals surface area contributed by atoms with Crippen molar-refractivity contribution in [1.29, 1.82) is 0 Å². The van der Waals surface area contributed by atoms with Gasteiger partial charge in [-0.05, 0) is 18.3 Å². The lowest BCUT2D eigenvalue weighted by molar-refractivity contribution is 0.361. The molecule has 1 aromatic rings. The predicted molar refractivity (Wildman–Crippen MR) is 76.0 cm³/mol. The highest BCUT2D eigenvalue weighted by molar-refractivity contribution is 5.47. The molecule has 0 unspecified atom stereocenters. The molecule has 4 nitrogen and oxygen atoms in total. The third kappa shape index (κ3) is 3.12. The van der Waals surface area contributed by atoms with Crippen LogP contribution in [0.25, 0.3) is 0 Å². The first kappa shape index (κ1) is 13.1. The van der Waals surface area contributed by atoms with Crippen molar-refractivity contribution >= 4 is 11.6 Å². The molecule has 0 aliphatic heterocycles. The summed E-state index contributed by atoms with van der Waals surface area (Å²) in [6, 6.07) is 1.98. The molecule has 0 bridgehead atoms. The fourth-order valence-corrected chi connectivity index (χ4v) is 2.58. The van der Waals surface area contributed by atoms with Crippen LogP contribution in [0.5, 0.6) is 0 Å². The van der Waals surface area contributed by atoms with Gasteiger partial charge in [0.15, 0.2) is 0 Å². The molecule has 1 aliphatic carbocycles. The molecular formula is C14H24N4. The van der Waals surface area contributed by atoms with Gasteiger partial charge in [-0.1, -0.05) is 26.7 Å². The number of aromatic nitrogens is 2. The van der Waals surface area contributed by atoms with Gasteiger partial charge < -0.3 is 10.6 Å². The molecule has 1 aliphatic rings. The SMILES string of the molecule is CCc1nc(NC)cc(NCC2(C)CCCC2)n1. The van der Waals surface area contributed by atoms with Gasteiger partial charge in [0, 0.05) is 26.1 Å². The van der Waals surface area contributed by atoms with Gasteiger partial charge >= 0.3 is 0 Å². The summed E-state index contributed by atoms with van der Waals surface area (Å²) in [5.41, 5.74) is 0.442. The van der Waals surface area contributed by atoms with E-state index in [0.29, 0.717) is 5.41 Å². The van der Waals surface area contributed by atoms with Crippen molar-refractivity contribution in [1.82, 2.24) is 9.97 Å². The molecule has 0 spiro atoms. The molecule has 1 saturated carbocycles. The van der Waals surface area contributed by atoms with Gasteiger partial charge in [0.2, 0.25) is 0 Å². The zero-order valence-electron chi connectivity index (χ0n) is 11.7. The van der Waals surface area contributed by atoms with E-state index in [1.165, 1.54) is 25.7 Å². The van der Waals surface area contributed by atoms with E-state index in [1.807, 2.05) is 13.1 Å². The first-order valence-electron chi connectivity index (χ1n) is 6.95. The van der Waals surface area contributed by atoms with Crippen molar-refractivity contribution in [2.24, 2.45) is 5.41 Å². The second kappa shape index (κ2) is 5.55. The third-order valence-corrected chi connectivity index (χ3v) is 3.85.